The molecule has 1 aliphatic rings. The second-order valence-electron chi connectivity index (χ2n) is 4.63. The topological polar surface area (TPSA) is 20.2 Å². The Morgan fingerprint density at radius 2 is 2.20 bits per heavy atom. The Kier molecular flexibility index (Phi) is 2.55. The Balaban J connectivity index is 2.24. The molecule has 0 bridgehead atoms. The van der Waals surface area contributed by atoms with Gasteiger partial charge in [-0.2, -0.15) is 0 Å². The van der Waals surface area contributed by atoms with Crippen LogP contribution >= 0.6 is 0 Å². The maximum absolute atomic E-state index is 13.2. The highest BCUT2D eigenvalue weighted by molar-refractivity contribution is 5.33. The highest BCUT2D eigenvalue weighted by Gasteiger charge is 2.53. The molecule has 2 heteroatoms. The Labute approximate surface area is 89.9 Å². The van der Waals surface area contributed by atoms with E-state index in [1.165, 1.54) is 12.1 Å². The van der Waals surface area contributed by atoms with Gasteiger partial charge in [-0.25, -0.2) is 4.39 Å². The van der Waals surface area contributed by atoms with Crippen molar-refractivity contribution in [2.45, 2.75) is 38.7 Å². The minimum absolute atomic E-state index is 0.249. The van der Waals surface area contributed by atoms with Gasteiger partial charge in [0.2, 0.25) is 0 Å². The number of halogens is 1. The van der Waals surface area contributed by atoms with Crippen LogP contribution in [-0.2, 0) is 5.60 Å². The van der Waals surface area contributed by atoms with Crippen molar-refractivity contribution in [3.8, 4) is 0 Å². The van der Waals surface area contributed by atoms with Crippen molar-refractivity contribution < 1.29 is 9.50 Å². The lowest BCUT2D eigenvalue weighted by Gasteiger charge is -2.11. The second-order valence-corrected chi connectivity index (χ2v) is 4.63. The van der Waals surface area contributed by atoms with Crippen molar-refractivity contribution in [2.75, 3.05) is 0 Å². The summed E-state index contributed by atoms with van der Waals surface area (Å²) in [6.07, 6.45) is 2.87. The lowest BCUT2D eigenvalue weighted by molar-refractivity contribution is 0.128. The second kappa shape index (κ2) is 3.60. The standard InChI is InChI=1S/C13H17FO/c1-3-4-10-8-13(10,15)11-5-9(2)6-12(14)7-11/h5-7,10,15H,3-4,8H2,1-2H3. The maximum atomic E-state index is 13.2. The van der Waals surface area contributed by atoms with Gasteiger partial charge in [0.1, 0.15) is 5.82 Å². The molecular weight excluding hydrogens is 191 g/mol. The van der Waals surface area contributed by atoms with E-state index in [1.807, 2.05) is 13.0 Å². The molecule has 0 heterocycles. The average molecular weight is 208 g/mol. The van der Waals surface area contributed by atoms with Crippen LogP contribution in [0.15, 0.2) is 18.2 Å². The van der Waals surface area contributed by atoms with Gasteiger partial charge in [0, 0.05) is 0 Å². The van der Waals surface area contributed by atoms with E-state index in [-0.39, 0.29) is 5.82 Å². The summed E-state index contributed by atoms with van der Waals surface area (Å²) >= 11 is 0. The molecule has 0 spiro atoms. The molecule has 2 rings (SSSR count). The first kappa shape index (κ1) is 10.6. The molecule has 1 fully saturated rings. The van der Waals surface area contributed by atoms with Crippen molar-refractivity contribution in [1.82, 2.24) is 0 Å². The highest BCUT2D eigenvalue weighted by atomic mass is 19.1. The summed E-state index contributed by atoms with van der Waals surface area (Å²) in [5, 5.41) is 10.3. The summed E-state index contributed by atoms with van der Waals surface area (Å²) in [5.74, 6) is 0.0734. The number of rotatable bonds is 3. The molecule has 0 saturated heterocycles. The van der Waals surface area contributed by atoms with Gasteiger partial charge in [-0.3, -0.25) is 0 Å². The molecule has 1 N–H and O–H groups in total. The van der Waals surface area contributed by atoms with Crippen molar-refractivity contribution in [1.29, 1.82) is 0 Å². The third-order valence-electron chi connectivity index (χ3n) is 3.25. The Bertz CT molecular complexity index is 355. The zero-order valence-corrected chi connectivity index (χ0v) is 9.26. The number of hydrogen-bond acceptors (Lipinski definition) is 1. The number of benzene rings is 1. The van der Waals surface area contributed by atoms with Crippen LogP contribution in [0.1, 0.15) is 37.3 Å². The molecule has 1 aromatic carbocycles. The molecule has 1 saturated carbocycles. The van der Waals surface area contributed by atoms with Crippen molar-refractivity contribution in [2.24, 2.45) is 5.92 Å². The number of hydrogen-bond donors (Lipinski definition) is 1. The van der Waals surface area contributed by atoms with E-state index in [1.54, 1.807) is 0 Å². The predicted octanol–water partition coefficient (Wildman–Crippen LogP) is 3.14. The summed E-state index contributed by atoms with van der Waals surface area (Å²) in [5.41, 5.74) is 0.877. The van der Waals surface area contributed by atoms with Gasteiger partial charge in [-0.05, 0) is 48.9 Å². The largest absolute Gasteiger partial charge is 0.385 e. The summed E-state index contributed by atoms with van der Waals surface area (Å²) in [7, 11) is 0. The summed E-state index contributed by atoms with van der Waals surface area (Å²) in [6.45, 7) is 3.96. The molecular formula is C13H17FO. The van der Waals surface area contributed by atoms with Crippen LogP contribution in [0.4, 0.5) is 4.39 Å². The molecule has 1 aliphatic carbocycles. The molecule has 0 aromatic heterocycles. The molecule has 0 aliphatic heterocycles. The monoisotopic (exact) mass is 208 g/mol. The van der Waals surface area contributed by atoms with Crippen molar-refractivity contribution in [3.05, 3.63) is 35.1 Å². The van der Waals surface area contributed by atoms with Gasteiger partial charge in [0.05, 0.1) is 5.60 Å². The van der Waals surface area contributed by atoms with Crippen LogP contribution in [0.25, 0.3) is 0 Å². The number of aliphatic hydroxyl groups is 1. The van der Waals surface area contributed by atoms with Gasteiger partial charge in [-0.1, -0.05) is 19.4 Å². The summed E-state index contributed by atoms with van der Waals surface area (Å²) in [6, 6.07) is 4.84. The molecule has 2 unspecified atom stereocenters. The molecule has 0 radical (unpaired) electrons. The lowest BCUT2D eigenvalue weighted by Crippen LogP contribution is -2.09. The minimum atomic E-state index is -0.747. The molecule has 0 amide bonds. The molecule has 1 aromatic rings. The van der Waals surface area contributed by atoms with Gasteiger partial charge >= 0.3 is 0 Å². The third-order valence-corrected chi connectivity index (χ3v) is 3.25. The van der Waals surface area contributed by atoms with Gasteiger partial charge < -0.3 is 5.11 Å². The van der Waals surface area contributed by atoms with Gasteiger partial charge in [-0.15, -0.1) is 0 Å². The van der Waals surface area contributed by atoms with E-state index in [0.29, 0.717) is 5.92 Å². The van der Waals surface area contributed by atoms with E-state index in [9.17, 15) is 9.50 Å². The molecule has 82 valence electrons. The van der Waals surface area contributed by atoms with E-state index < -0.39 is 5.60 Å². The first-order valence-corrected chi connectivity index (χ1v) is 5.56. The van der Waals surface area contributed by atoms with Crippen molar-refractivity contribution >= 4 is 0 Å². The van der Waals surface area contributed by atoms with E-state index in [2.05, 4.69) is 6.92 Å². The Hall–Kier alpha value is -0.890. The summed E-state index contributed by atoms with van der Waals surface area (Å²) < 4.78 is 13.2. The number of aryl methyl sites for hydroxylation is 1. The average Bonchev–Trinajstić information content (AvgIpc) is 2.77. The van der Waals surface area contributed by atoms with Crippen LogP contribution in [-0.4, -0.2) is 5.11 Å². The Morgan fingerprint density at radius 1 is 1.47 bits per heavy atom. The third kappa shape index (κ3) is 1.91. The fraction of sp³-hybridized carbons (Fsp3) is 0.538. The fourth-order valence-electron chi connectivity index (χ4n) is 2.35. The minimum Gasteiger partial charge on any atom is -0.385 e. The first-order chi connectivity index (χ1) is 7.06. The zero-order chi connectivity index (χ0) is 11.1. The molecule has 2 atom stereocenters. The SMILES string of the molecule is CCCC1CC1(O)c1cc(C)cc(F)c1. The Morgan fingerprint density at radius 3 is 2.80 bits per heavy atom. The fourth-order valence-corrected chi connectivity index (χ4v) is 2.35. The normalized spacial score (nSPS) is 29.2. The van der Waals surface area contributed by atoms with Crippen LogP contribution < -0.4 is 0 Å². The van der Waals surface area contributed by atoms with Crippen molar-refractivity contribution in [3.63, 3.8) is 0 Å². The highest BCUT2D eigenvalue weighted by Crippen LogP contribution is 2.54. The predicted molar refractivity (Wildman–Crippen MR) is 58.0 cm³/mol. The van der Waals surface area contributed by atoms with Crippen LogP contribution in [0.2, 0.25) is 0 Å². The molecule has 15 heavy (non-hydrogen) atoms. The quantitative estimate of drug-likeness (QED) is 0.809. The smallest absolute Gasteiger partial charge is 0.123 e. The maximum Gasteiger partial charge on any atom is 0.123 e. The van der Waals surface area contributed by atoms with Gasteiger partial charge in [0.25, 0.3) is 0 Å². The first-order valence-electron chi connectivity index (χ1n) is 5.56. The summed E-state index contributed by atoms with van der Waals surface area (Å²) in [4.78, 5) is 0. The zero-order valence-electron chi connectivity index (χ0n) is 9.26. The van der Waals surface area contributed by atoms with E-state index in [0.717, 1.165) is 30.4 Å². The lowest BCUT2D eigenvalue weighted by atomic mass is 10.0. The van der Waals surface area contributed by atoms with E-state index >= 15 is 0 Å². The molecule has 1 nitrogen and oxygen atoms in total. The van der Waals surface area contributed by atoms with Gasteiger partial charge in [0.15, 0.2) is 0 Å². The van der Waals surface area contributed by atoms with E-state index in [4.69, 9.17) is 0 Å². The van der Waals surface area contributed by atoms with Crippen LogP contribution in [0.3, 0.4) is 0 Å². The van der Waals surface area contributed by atoms with Crippen LogP contribution in [0.5, 0.6) is 0 Å². The van der Waals surface area contributed by atoms with Crippen LogP contribution in [0, 0.1) is 18.7 Å².